The standard InChI is InChI=1S/C5H10Cl2.ClH3Si/c6-4-2-1-3-5-7;1-2/h1-5H2;2H3. The average molecular weight is 208 g/mol. The van der Waals surface area contributed by atoms with E-state index >= 15 is 0 Å². The molecule has 0 saturated carbocycles. The molecule has 0 aromatic carbocycles. The number of alkyl halides is 2. The first-order valence-electron chi connectivity index (χ1n) is 2.91. The van der Waals surface area contributed by atoms with Gasteiger partial charge < -0.3 is 0 Å². The smallest absolute Gasteiger partial charge is 0.109 e. The van der Waals surface area contributed by atoms with Gasteiger partial charge >= 0.3 is 0 Å². The molecule has 0 rings (SSSR count). The van der Waals surface area contributed by atoms with E-state index in [9.17, 15) is 0 Å². The van der Waals surface area contributed by atoms with Crippen LogP contribution >= 0.6 is 34.3 Å². The van der Waals surface area contributed by atoms with Crippen LogP contribution in [0.2, 0.25) is 0 Å². The van der Waals surface area contributed by atoms with E-state index in [0.717, 1.165) is 34.2 Å². The van der Waals surface area contributed by atoms with Gasteiger partial charge in [-0.2, -0.15) is 11.1 Å². The maximum Gasteiger partial charge on any atom is 0.109 e. The quantitative estimate of drug-likeness (QED) is 0.287. The molecule has 0 amide bonds. The van der Waals surface area contributed by atoms with Crippen LogP contribution in [-0.2, 0) is 0 Å². The van der Waals surface area contributed by atoms with Gasteiger partial charge in [-0.3, -0.25) is 0 Å². The number of halogens is 3. The Morgan fingerprint density at radius 2 is 1.11 bits per heavy atom. The van der Waals surface area contributed by atoms with Gasteiger partial charge in [0.15, 0.2) is 0 Å². The van der Waals surface area contributed by atoms with Crippen LogP contribution in [0.5, 0.6) is 0 Å². The van der Waals surface area contributed by atoms with Crippen LogP contribution in [-0.4, -0.2) is 21.3 Å². The Balaban J connectivity index is 0. The molecule has 4 heteroatoms. The maximum atomic E-state index is 5.39. The van der Waals surface area contributed by atoms with E-state index in [2.05, 4.69) is 0 Å². The summed E-state index contributed by atoms with van der Waals surface area (Å²) < 4.78 is 0. The number of hydrogen-bond donors (Lipinski definition) is 0. The van der Waals surface area contributed by atoms with Gasteiger partial charge in [0.2, 0.25) is 0 Å². The molecule has 0 aliphatic carbocycles. The molecule has 0 bridgehead atoms. The Hall–Kier alpha value is 1.09. The van der Waals surface area contributed by atoms with E-state index in [1.165, 1.54) is 6.42 Å². The minimum absolute atomic E-state index is 0.775. The highest BCUT2D eigenvalue weighted by Gasteiger charge is 1.82. The van der Waals surface area contributed by atoms with Crippen molar-refractivity contribution in [3.05, 3.63) is 0 Å². The molecule has 0 radical (unpaired) electrons. The molecule has 0 aliphatic heterocycles. The molecule has 9 heavy (non-hydrogen) atoms. The first-order valence-corrected chi connectivity index (χ1v) is 7.01. The third-order valence-electron chi connectivity index (χ3n) is 0.767. The Labute approximate surface area is 75.0 Å². The zero-order chi connectivity index (χ0) is 7.54. The molecule has 0 heterocycles. The van der Waals surface area contributed by atoms with Gasteiger partial charge in [0.1, 0.15) is 9.55 Å². The molecule has 0 aromatic heterocycles. The Kier molecular flexibility index (Phi) is 22.7. The molecule has 0 aliphatic rings. The van der Waals surface area contributed by atoms with E-state index in [0.29, 0.717) is 0 Å². The number of hydrogen-bond acceptors (Lipinski definition) is 0. The summed E-state index contributed by atoms with van der Waals surface area (Å²) in [6.07, 6.45) is 3.38. The molecule has 0 nitrogen and oxygen atoms in total. The lowest BCUT2D eigenvalue weighted by atomic mass is 10.3. The van der Waals surface area contributed by atoms with Gasteiger partial charge in [0, 0.05) is 11.8 Å². The predicted molar refractivity (Wildman–Crippen MR) is 51.1 cm³/mol. The van der Waals surface area contributed by atoms with Crippen molar-refractivity contribution in [1.82, 2.24) is 0 Å². The summed E-state index contributed by atoms with van der Waals surface area (Å²) >= 11 is 15.6. The molecule has 58 valence electrons. The highest BCUT2D eigenvalue weighted by molar-refractivity contribution is 6.80. The lowest BCUT2D eigenvalue weighted by Crippen LogP contribution is -1.77. The Morgan fingerprint density at radius 3 is 1.33 bits per heavy atom. The maximum absolute atomic E-state index is 5.39. The van der Waals surface area contributed by atoms with Crippen molar-refractivity contribution in [1.29, 1.82) is 0 Å². The van der Waals surface area contributed by atoms with E-state index in [1.54, 1.807) is 0 Å². The fourth-order valence-electron chi connectivity index (χ4n) is 0.366. The minimum Gasteiger partial charge on any atom is -0.181 e. The van der Waals surface area contributed by atoms with Gasteiger partial charge in [-0.05, 0) is 12.8 Å². The van der Waals surface area contributed by atoms with Gasteiger partial charge in [0.05, 0.1) is 0 Å². The van der Waals surface area contributed by atoms with Crippen molar-refractivity contribution < 1.29 is 0 Å². The van der Waals surface area contributed by atoms with Crippen molar-refractivity contribution in [3.63, 3.8) is 0 Å². The second kappa shape index (κ2) is 16.0. The van der Waals surface area contributed by atoms with Crippen LogP contribution < -0.4 is 0 Å². The average Bonchev–Trinajstić information content (AvgIpc) is 1.94. The van der Waals surface area contributed by atoms with Crippen LogP contribution in [0, 0.1) is 0 Å². The summed E-state index contributed by atoms with van der Waals surface area (Å²) in [5.74, 6) is 1.55. The predicted octanol–water partition coefficient (Wildman–Crippen LogP) is 2.14. The molecular formula is C5H13Cl3Si. The zero-order valence-electron chi connectivity index (χ0n) is 5.67. The van der Waals surface area contributed by atoms with Crippen molar-refractivity contribution in [2.24, 2.45) is 0 Å². The van der Waals surface area contributed by atoms with Gasteiger partial charge in [-0.25, -0.2) is 0 Å². The van der Waals surface area contributed by atoms with Crippen LogP contribution in [0.3, 0.4) is 0 Å². The van der Waals surface area contributed by atoms with Gasteiger partial charge in [0.25, 0.3) is 0 Å². The van der Waals surface area contributed by atoms with Crippen LogP contribution in [0.25, 0.3) is 0 Å². The monoisotopic (exact) mass is 206 g/mol. The van der Waals surface area contributed by atoms with E-state index < -0.39 is 0 Å². The molecule has 0 atom stereocenters. The SMILES string of the molecule is ClCCCCCCl.[SiH3]Cl. The van der Waals surface area contributed by atoms with E-state index in [1.807, 2.05) is 0 Å². The summed E-state index contributed by atoms with van der Waals surface area (Å²) in [4.78, 5) is 0. The summed E-state index contributed by atoms with van der Waals surface area (Å²) in [5, 5.41) is 0. The Morgan fingerprint density at radius 1 is 0.778 bits per heavy atom. The lowest BCUT2D eigenvalue weighted by molar-refractivity contribution is 0.780. The van der Waals surface area contributed by atoms with Crippen molar-refractivity contribution in [3.8, 4) is 0 Å². The second-order valence-corrected chi connectivity index (χ2v) is 2.19. The molecular weight excluding hydrogens is 194 g/mol. The highest BCUT2D eigenvalue weighted by atomic mass is 35.6. The second-order valence-electron chi connectivity index (χ2n) is 1.44. The third-order valence-corrected chi connectivity index (χ3v) is 1.30. The normalized spacial score (nSPS) is 8.33. The highest BCUT2D eigenvalue weighted by Crippen LogP contribution is 1.97. The topological polar surface area (TPSA) is 0 Å². The largest absolute Gasteiger partial charge is 0.181 e. The molecule has 0 aromatic rings. The van der Waals surface area contributed by atoms with Crippen LogP contribution in [0.15, 0.2) is 0 Å². The summed E-state index contributed by atoms with van der Waals surface area (Å²) in [7, 11) is 0.778. The first-order chi connectivity index (χ1) is 4.41. The molecule has 0 N–H and O–H groups in total. The zero-order valence-corrected chi connectivity index (χ0v) is 9.94. The van der Waals surface area contributed by atoms with Crippen molar-refractivity contribution in [2.75, 3.05) is 11.8 Å². The fourth-order valence-corrected chi connectivity index (χ4v) is 0.744. The molecule has 0 spiro atoms. The Bertz CT molecular complexity index is 31.4. The van der Waals surface area contributed by atoms with Crippen molar-refractivity contribution >= 4 is 43.8 Å². The van der Waals surface area contributed by atoms with Crippen LogP contribution in [0.4, 0.5) is 0 Å². The number of rotatable bonds is 4. The minimum atomic E-state index is 0.775. The van der Waals surface area contributed by atoms with E-state index in [4.69, 9.17) is 34.3 Å². The first kappa shape index (κ1) is 12.7. The van der Waals surface area contributed by atoms with Gasteiger partial charge in [-0.1, -0.05) is 6.42 Å². The van der Waals surface area contributed by atoms with E-state index in [-0.39, 0.29) is 0 Å². The van der Waals surface area contributed by atoms with Crippen molar-refractivity contribution in [2.45, 2.75) is 19.3 Å². The molecule has 0 saturated heterocycles. The summed E-state index contributed by atoms with van der Waals surface area (Å²) in [6, 6.07) is 0. The van der Waals surface area contributed by atoms with Crippen LogP contribution in [0.1, 0.15) is 19.3 Å². The fraction of sp³-hybridized carbons (Fsp3) is 1.00. The summed E-state index contributed by atoms with van der Waals surface area (Å²) in [6.45, 7) is 0. The third kappa shape index (κ3) is 17.6. The number of unbranched alkanes of at least 4 members (excludes halogenated alkanes) is 2. The molecule has 0 fully saturated rings. The molecule has 0 unspecified atom stereocenters. The van der Waals surface area contributed by atoms with Gasteiger partial charge in [-0.15, -0.1) is 23.2 Å². The summed E-state index contributed by atoms with van der Waals surface area (Å²) in [5.41, 5.74) is 0. The lowest BCUT2D eigenvalue weighted by Gasteiger charge is -1.88.